The highest BCUT2D eigenvalue weighted by Gasteiger charge is 2.32. The quantitative estimate of drug-likeness (QED) is 0.775. The number of nitrogens with zero attached hydrogens (tertiary/aromatic N) is 1. The van der Waals surface area contributed by atoms with Gasteiger partial charge in [0.2, 0.25) is 0 Å². The Labute approximate surface area is 149 Å². The zero-order valence-corrected chi connectivity index (χ0v) is 15.6. The van der Waals surface area contributed by atoms with Crippen molar-refractivity contribution in [3.8, 4) is 5.75 Å². The molecule has 0 radical (unpaired) electrons. The van der Waals surface area contributed by atoms with Crippen LogP contribution in [0.15, 0.2) is 40.9 Å². The number of amides is 1. The number of fused-ring (bicyclic) bond motifs is 1. The molecule has 2 aromatic rings. The standard InChI is InChI=1S/C17H18BrNO4S/c1-19(15-6-7-24(21,22)11-15)17(20)10-23-16-5-3-12-8-14(18)4-2-13(12)9-16/h2-5,8-9,15H,6-7,10-11H2,1H3. The monoisotopic (exact) mass is 411 g/mol. The molecule has 0 saturated carbocycles. The van der Waals surface area contributed by atoms with Crippen LogP contribution in [0.25, 0.3) is 10.8 Å². The van der Waals surface area contributed by atoms with Gasteiger partial charge in [0.15, 0.2) is 16.4 Å². The number of halogens is 1. The molecule has 1 heterocycles. The third-order valence-corrected chi connectivity index (χ3v) is 6.53. The van der Waals surface area contributed by atoms with Gasteiger partial charge < -0.3 is 9.64 Å². The Hall–Kier alpha value is -1.60. The lowest BCUT2D eigenvalue weighted by atomic mass is 10.1. The predicted octanol–water partition coefficient (Wildman–Crippen LogP) is 2.63. The smallest absolute Gasteiger partial charge is 0.260 e. The summed E-state index contributed by atoms with van der Waals surface area (Å²) in [5.74, 6) is 0.592. The fraction of sp³-hybridized carbons (Fsp3) is 0.353. The molecule has 1 fully saturated rings. The first-order valence-electron chi connectivity index (χ1n) is 7.62. The predicted molar refractivity (Wildman–Crippen MR) is 97.0 cm³/mol. The molecular weight excluding hydrogens is 394 g/mol. The number of hydrogen-bond acceptors (Lipinski definition) is 4. The molecule has 1 unspecified atom stereocenters. The van der Waals surface area contributed by atoms with Gasteiger partial charge in [-0.2, -0.15) is 0 Å². The Morgan fingerprint density at radius 2 is 1.96 bits per heavy atom. The number of hydrogen-bond donors (Lipinski definition) is 0. The van der Waals surface area contributed by atoms with Gasteiger partial charge in [0.05, 0.1) is 11.5 Å². The van der Waals surface area contributed by atoms with E-state index in [4.69, 9.17) is 4.74 Å². The first kappa shape index (κ1) is 17.2. The minimum Gasteiger partial charge on any atom is -0.484 e. The van der Waals surface area contributed by atoms with E-state index in [1.54, 1.807) is 7.05 Å². The van der Waals surface area contributed by atoms with Crippen molar-refractivity contribution in [2.45, 2.75) is 12.5 Å². The Kier molecular flexibility index (Phi) is 4.83. The molecule has 0 N–H and O–H groups in total. The van der Waals surface area contributed by atoms with Crippen LogP contribution >= 0.6 is 15.9 Å². The van der Waals surface area contributed by atoms with Crippen molar-refractivity contribution >= 4 is 42.4 Å². The molecule has 1 atom stereocenters. The molecular formula is C17H18BrNO4S. The molecule has 3 rings (SSSR count). The van der Waals surface area contributed by atoms with E-state index in [9.17, 15) is 13.2 Å². The Morgan fingerprint density at radius 1 is 1.25 bits per heavy atom. The zero-order valence-electron chi connectivity index (χ0n) is 13.2. The van der Waals surface area contributed by atoms with Crippen LogP contribution in [-0.2, 0) is 14.6 Å². The minimum atomic E-state index is -3.01. The highest BCUT2D eigenvalue weighted by Crippen LogP contribution is 2.24. The van der Waals surface area contributed by atoms with Crippen LogP contribution in [0.5, 0.6) is 5.75 Å². The zero-order chi connectivity index (χ0) is 17.3. The number of likely N-dealkylation sites (N-methyl/N-ethyl adjacent to an activating group) is 1. The summed E-state index contributed by atoms with van der Waals surface area (Å²) in [6.45, 7) is -0.102. The molecule has 1 aliphatic rings. The van der Waals surface area contributed by atoms with Crippen molar-refractivity contribution in [3.05, 3.63) is 40.9 Å². The molecule has 0 spiro atoms. The summed E-state index contributed by atoms with van der Waals surface area (Å²) in [5.41, 5.74) is 0. The van der Waals surface area contributed by atoms with Gasteiger partial charge in [0.25, 0.3) is 5.91 Å². The number of rotatable bonds is 4. The van der Waals surface area contributed by atoms with Crippen molar-refractivity contribution in [2.24, 2.45) is 0 Å². The van der Waals surface area contributed by atoms with Crippen LogP contribution in [0, 0.1) is 0 Å². The number of carbonyl (C=O) groups excluding carboxylic acids is 1. The van der Waals surface area contributed by atoms with Crippen molar-refractivity contribution in [1.82, 2.24) is 4.90 Å². The molecule has 0 bridgehead atoms. The summed E-state index contributed by atoms with van der Waals surface area (Å²) in [6, 6.07) is 11.3. The Bertz CT molecular complexity index is 881. The van der Waals surface area contributed by atoms with Crippen molar-refractivity contribution in [3.63, 3.8) is 0 Å². The lowest BCUT2D eigenvalue weighted by Crippen LogP contribution is -2.40. The average Bonchev–Trinajstić information content (AvgIpc) is 2.91. The van der Waals surface area contributed by atoms with Gasteiger partial charge in [-0.1, -0.05) is 28.1 Å². The van der Waals surface area contributed by atoms with Crippen LogP contribution in [0.2, 0.25) is 0 Å². The topological polar surface area (TPSA) is 63.7 Å². The highest BCUT2D eigenvalue weighted by molar-refractivity contribution is 9.10. The SMILES string of the molecule is CN(C(=O)COc1ccc2cc(Br)ccc2c1)C1CCS(=O)(=O)C1. The summed E-state index contributed by atoms with van der Waals surface area (Å²) < 4.78 is 29.6. The van der Waals surface area contributed by atoms with E-state index in [-0.39, 0.29) is 30.1 Å². The Morgan fingerprint density at radius 3 is 2.67 bits per heavy atom. The first-order chi connectivity index (χ1) is 11.3. The van der Waals surface area contributed by atoms with Gasteiger partial charge in [-0.3, -0.25) is 4.79 Å². The summed E-state index contributed by atoms with van der Waals surface area (Å²) in [7, 11) is -1.37. The van der Waals surface area contributed by atoms with E-state index in [1.165, 1.54) is 4.90 Å². The van der Waals surface area contributed by atoms with E-state index < -0.39 is 9.84 Å². The average molecular weight is 412 g/mol. The molecule has 2 aromatic carbocycles. The summed E-state index contributed by atoms with van der Waals surface area (Å²) in [5, 5.41) is 2.11. The third kappa shape index (κ3) is 3.89. The minimum absolute atomic E-state index is 0.0418. The van der Waals surface area contributed by atoms with Gasteiger partial charge in [0.1, 0.15) is 5.75 Å². The van der Waals surface area contributed by atoms with E-state index in [1.807, 2.05) is 36.4 Å². The number of carbonyl (C=O) groups is 1. The van der Waals surface area contributed by atoms with Gasteiger partial charge in [0, 0.05) is 17.6 Å². The molecule has 1 amide bonds. The van der Waals surface area contributed by atoms with Gasteiger partial charge in [-0.05, 0) is 41.5 Å². The molecule has 0 aliphatic carbocycles. The Balaban J connectivity index is 1.62. The van der Waals surface area contributed by atoms with Crippen LogP contribution in [0.3, 0.4) is 0 Å². The highest BCUT2D eigenvalue weighted by atomic mass is 79.9. The molecule has 5 nitrogen and oxygen atoms in total. The molecule has 128 valence electrons. The van der Waals surface area contributed by atoms with Crippen LogP contribution in [0.1, 0.15) is 6.42 Å². The maximum Gasteiger partial charge on any atom is 0.260 e. The first-order valence-corrected chi connectivity index (χ1v) is 10.2. The van der Waals surface area contributed by atoms with E-state index in [0.29, 0.717) is 12.2 Å². The second-order valence-electron chi connectivity index (χ2n) is 6.00. The van der Waals surface area contributed by atoms with Gasteiger partial charge >= 0.3 is 0 Å². The maximum atomic E-state index is 12.2. The normalized spacial score (nSPS) is 19.3. The third-order valence-electron chi connectivity index (χ3n) is 4.29. The van der Waals surface area contributed by atoms with E-state index in [2.05, 4.69) is 15.9 Å². The van der Waals surface area contributed by atoms with E-state index in [0.717, 1.165) is 15.2 Å². The second kappa shape index (κ2) is 6.72. The summed E-state index contributed by atoms with van der Waals surface area (Å²) >= 11 is 3.43. The lowest BCUT2D eigenvalue weighted by molar-refractivity contribution is -0.133. The molecule has 0 aromatic heterocycles. The van der Waals surface area contributed by atoms with Crippen LogP contribution in [0.4, 0.5) is 0 Å². The van der Waals surface area contributed by atoms with Crippen molar-refractivity contribution < 1.29 is 17.9 Å². The van der Waals surface area contributed by atoms with Gasteiger partial charge in [-0.25, -0.2) is 8.42 Å². The van der Waals surface area contributed by atoms with Crippen LogP contribution < -0.4 is 4.74 Å². The largest absolute Gasteiger partial charge is 0.484 e. The molecule has 1 aliphatic heterocycles. The summed E-state index contributed by atoms with van der Waals surface area (Å²) in [6.07, 6.45) is 0.495. The molecule has 7 heteroatoms. The van der Waals surface area contributed by atoms with Crippen LogP contribution in [-0.4, -0.2) is 50.4 Å². The van der Waals surface area contributed by atoms with Gasteiger partial charge in [-0.15, -0.1) is 0 Å². The maximum absolute atomic E-state index is 12.2. The van der Waals surface area contributed by atoms with Crippen molar-refractivity contribution in [1.29, 1.82) is 0 Å². The summed E-state index contributed by atoms with van der Waals surface area (Å²) in [4.78, 5) is 13.7. The number of sulfone groups is 1. The second-order valence-corrected chi connectivity index (χ2v) is 9.15. The fourth-order valence-electron chi connectivity index (χ4n) is 2.82. The molecule has 24 heavy (non-hydrogen) atoms. The number of benzene rings is 2. The lowest BCUT2D eigenvalue weighted by Gasteiger charge is -2.23. The number of ether oxygens (including phenoxy) is 1. The molecule has 1 saturated heterocycles. The van der Waals surface area contributed by atoms with Crippen molar-refractivity contribution in [2.75, 3.05) is 25.2 Å². The van der Waals surface area contributed by atoms with E-state index >= 15 is 0 Å². The fourth-order valence-corrected chi connectivity index (χ4v) is 4.97.